The third kappa shape index (κ3) is 3.65. The van der Waals surface area contributed by atoms with Gasteiger partial charge in [-0.1, -0.05) is 48.9 Å². The minimum atomic E-state index is -1.38. The molecule has 114 valence electrons. The van der Waals surface area contributed by atoms with E-state index in [2.05, 4.69) is 5.32 Å². The molecule has 0 bridgehead atoms. The number of hydrogen-bond donors (Lipinski definition) is 1. The van der Waals surface area contributed by atoms with Crippen molar-refractivity contribution in [2.24, 2.45) is 0 Å². The zero-order valence-corrected chi connectivity index (χ0v) is 12.8. The van der Waals surface area contributed by atoms with Crippen LogP contribution < -0.4 is 10.4 Å². The predicted molar refractivity (Wildman–Crippen MR) is 83.9 cm³/mol. The molecule has 0 radical (unpaired) electrons. The Labute approximate surface area is 133 Å². The second-order valence-corrected chi connectivity index (χ2v) is 5.27. The monoisotopic (exact) mass is 316 g/mol. The van der Waals surface area contributed by atoms with Gasteiger partial charge in [-0.2, -0.15) is 0 Å². The molecule has 0 unspecified atom stereocenters. The summed E-state index contributed by atoms with van der Waals surface area (Å²) in [5.41, 5.74) is 0.930. The molecule has 0 spiro atoms. The lowest BCUT2D eigenvalue weighted by atomic mass is 9.95. The number of rotatable bonds is 5. The van der Waals surface area contributed by atoms with Crippen molar-refractivity contribution in [1.29, 1.82) is 0 Å². The topological polar surface area (TPSA) is 69.2 Å². The number of carbonyl (C=O) groups excluding carboxylic acids is 2. The molecule has 0 fully saturated rings. The first-order valence-corrected chi connectivity index (χ1v) is 7.27. The van der Waals surface area contributed by atoms with Crippen LogP contribution in [0.15, 0.2) is 48.5 Å². The molecule has 5 heteroatoms. The summed E-state index contributed by atoms with van der Waals surface area (Å²) in [6, 6.07) is 13.6. The van der Waals surface area contributed by atoms with E-state index in [0.29, 0.717) is 6.42 Å². The first kappa shape index (κ1) is 16.0. The molecular weight excluding hydrogens is 302 g/mol. The van der Waals surface area contributed by atoms with Crippen LogP contribution in [0.25, 0.3) is 0 Å². The number of nitrogens with one attached hydrogen (secondary N) is 1. The fourth-order valence-corrected chi connectivity index (χ4v) is 2.44. The molecule has 1 amide bonds. The lowest BCUT2D eigenvalue weighted by Crippen LogP contribution is -2.26. The Morgan fingerprint density at radius 1 is 1.18 bits per heavy atom. The van der Waals surface area contributed by atoms with E-state index < -0.39 is 5.97 Å². The number of benzene rings is 2. The molecule has 2 aromatic rings. The number of halogens is 1. The van der Waals surface area contributed by atoms with Gasteiger partial charge in [0.25, 0.3) is 0 Å². The molecule has 0 aromatic heterocycles. The Morgan fingerprint density at radius 2 is 1.86 bits per heavy atom. The van der Waals surface area contributed by atoms with Crippen molar-refractivity contribution in [3.8, 4) is 0 Å². The largest absolute Gasteiger partial charge is 0.545 e. The van der Waals surface area contributed by atoms with E-state index >= 15 is 0 Å². The molecule has 0 saturated heterocycles. The van der Waals surface area contributed by atoms with Crippen molar-refractivity contribution in [3.63, 3.8) is 0 Å². The van der Waals surface area contributed by atoms with Crippen LogP contribution in [-0.4, -0.2) is 11.9 Å². The standard InChI is InChI=1S/C17H16ClNO3/c1-2-13(11-6-4-3-5-7-11)16(20)19-15-9-8-12(18)10-14(15)17(21)22/h3-10,13H,2H2,1H3,(H,19,20)(H,21,22)/p-1/t13-/m0/s1. The van der Waals surface area contributed by atoms with E-state index in [4.69, 9.17) is 11.6 Å². The summed E-state index contributed by atoms with van der Waals surface area (Å²) >= 11 is 5.78. The normalized spacial score (nSPS) is 11.7. The highest BCUT2D eigenvalue weighted by atomic mass is 35.5. The summed E-state index contributed by atoms with van der Waals surface area (Å²) in [6.45, 7) is 1.90. The number of aromatic carboxylic acids is 1. The van der Waals surface area contributed by atoms with Crippen LogP contribution in [0.5, 0.6) is 0 Å². The van der Waals surface area contributed by atoms with Gasteiger partial charge < -0.3 is 15.2 Å². The van der Waals surface area contributed by atoms with Crippen molar-refractivity contribution >= 4 is 29.2 Å². The Kier molecular flexibility index (Phi) is 5.17. The van der Waals surface area contributed by atoms with Crippen LogP contribution in [-0.2, 0) is 4.79 Å². The van der Waals surface area contributed by atoms with Gasteiger partial charge in [0.05, 0.1) is 11.9 Å². The number of amides is 1. The van der Waals surface area contributed by atoms with E-state index in [1.807, 2.05) is 37.3 Å². The maximum absolute atomic E-state index is 12.4. The summed E-state index contributed by atoms with van der Waals surface area (Å²) in [6.07, 6.45) is 0.601. The zero-order chi connectivity index (χ0) is 16.1. The number of carboxylic acids is 1. The van der Waals surface area contributed by atoms with Crippen molar-refractivity contribution in [1.82, 2.24) is 0 Å². The maximum Gasteiger partial charge on any atom is 0.231 e. The molecule has 0 saturated carbocycles. The first-order valence-electron chi connectivity index (χ1n) is 6.89. The van der Waals surface area contributed by atoms with Gasteiger partial charge in [-0.3, -0.25) is 4.79 Å². The third-order valence-corrected chi connectivity index (χ3v) is 3.62. The maximum atomic E-state index is 12.4. The Bertz CT molecular complexity index is 686. The molecule has 0 heterocycles. The summed E-state index contributed by atoms with van der Waals surface area (Å²) < 4.78 is 0. The fraction of sp³-hybridized carbons (Fsp3) is 0.176. The highest BCUT2D eigenvalue weighted by Crippen LogP contribution is 2.24. The summed E-state index contributed by atoms with van der Waals surface area (Å²) in [5, 5.41) is 14.1. The molecule has 4 nitrogen and oxygen atoms in total. The Balaban J connectivity index is 2.26. The van der Waals surface area contributed by atoms with Crippen LogP contribution in [0.3, 0.4) is 0 Å². The van der Waals surface area contributed by atoms with E-state index in [-0.39, 0.29) is 28.1 Å². The number of anilines is 1. The van der Waals surface area contributed by atoms with Crippen molar-refractivity contribution in [2.45, 2.75) is 19.3 Å². The van der Waals surface area contributed by atoms with E-state index in [1.54, 1.807) is 0 Å². The minimum absolute atomic E-state index is 0.135. The minimum Gasteiger partial charge on any atom is -0.545 e. The van der Waals surface area contributed by atoms with Crippen LogP contribution in [0, 0.1) is 0 Å². The highest BCUT2D eigenvalue weighted by Gasteiger charge is 2.19. The predicted octanol–water partition coefficient (Wildman–Crippen LogP) is 2.84. The Hall–Kier alpha value is -2.33. The third-order valence-electron chi connectivity index (χ3n) is 3.39. The SMILES string of the molecule is CC[C@H](C(=O)Nc1ccc(Cl)cc1C(=O)[O-])c1ccccc1. The zero-order valence-electron chi connectivity index (χ0n) is 12.0. The summed E-state index contributed by atoms with van der Waals surface area (Å²) in [7, 11) is 0. The molecule has 0 aliphatic carbocycles. The second kappa shape index (κ2) is 7.09. The second-order valence-electron chi connectivity index (χ2n) is 4.84. The van der Waals surface area contributed by atoms with Crippen molar-refractivity contribution in [2.75, 3.05) is 5.32 Å². The van der Waals surface area contributed by atoms with Crippen LogP contribution >= 0.6 is 11.6 Å². The van der Waals surface area contributed by atoms with Gasteiger partial charge in [0.1, 0.15) is 0 Å². The Morgan fingerprint density at radius 3 is 2.45 bits per heavy atom. The van der Waals surface area contributed by atoms with Crippen molar-refractivity contribution in [3.05, 3.63) is 64.7 Å². The van der Waals surface area contributed by atoms with E-state index in [0.717, 1.165) is 5.56 Å². The van der Waals surface area contributed by atoms with Crippen LogP contribution in [0.2, 0.25) is 5.02 Å². The van der Waals surface area contributed by atoms with E-state index in [1.165, 1.54) is 18.2 Å². The number of hydrogen-bond acceptors (Lipinski definition) is 3. The average Bonchev–Trinajstić information content (AvgIpc) is 2.50. The van der Waals surface area contributed by atoms with Gasteiger partial charge in [-0.15, -0.1) is 0 Å². The van der Waals surface area contributed by atoms with Crippen LogP contribution in [0.4, 0.5) is 5.69 Å². The van der Waals surface area contributed by atoms with Gasteiger partial charge in [0.15, 0.2) is 0 Å². The average molecular weight is 317 g/mol. The smallest absolute Gasteiger partial charge is 0.231 e. The molecule has 1 atom stereocenters. The van der Waals surface area contributed by atoms with Gasteiger partial charge in [0.2, 0.25) is 5.91 Å². The van der Waals surface area contributed by atoms with Gasteiger partial charge in [-0.05, 0) is 30.2 Å². The molecule has 2 aromatic carbocycles. The molecule has 0 aliphatic rings. The number of carbonyl (C=O) groups is 2. The molecular formula is C17H15ClNO3-. The molecule has 22 heavy (non-hydrogen) atoms. The molecule has 1 N–H and O–H groups in total. The van der Waals surface area contributed by atoms with Gasteiger partial charge >= 0.3 is 0 Å². The first-order chi connectivity index (χ1) is 10.5. The summed E-state index contributed by atoms with van der Waals surface area (Å²) in [4.78, 5) is 23.6. The number of carboxylic acid groups (broad SMARTS) is 1. The fourth-order valence-electron chi connectivity index (χ4n) is 2.27. The molecule has 0 aliphatic heterocycles. The lowest BCUT2D eigenvalue weighted by molar-refractivity contribution is -0.254. The molecule has 2 rings (SSSR count). The quantitative estimate of drug-likeness (QED) is 0.922. The van der Waals surface area contributed by atoms with Crippen LogP contribution in [0.1, 0.15) is 35.2 Å². The van der Waals surface area contributed by atoms with Crippen molar-refractivity contribution < 1.29 is 14.7 Å². The lowest BCUT2D eigenvalue weighted by Gasteiger charge is -2.18. The van der Waals surface area contributed by atoms with E-state index in [9.17, 15) is 14.7 Å². The van der Waals surface area contributed by atoms with Gasteiger partial charge in [-0.25, -0.2) is 0 Å². The van der Waals surface area contributed by atoms with Gasteiger partial charge in [0, 0.05) is 16.3 Å². The highest BCUT2D eigenvalue weighted by molar-refractivity contribution is 6.31. The summed E-state index contributed by atoms with van der Waals surface area (Å²) in [5.74, 6) is -2.00.